The van der Waals surface area contributed by atoms with Gasteiger partial charge in [0.15, 0.2) is 0 Å². The maximum Gasteiger partial charge on any atom is 0.293 e. The summed E-state index contributed by atoms with van der Waals surface area (Å²) in [4.78, 5) is 42.1. The Hall–Kier alpha value is -3.46. The smallest absolute Gasteiger partial charge is 0.293 e. The molecule has 0 aromatic heterocycles. The SMILES string of the molecule is O=C(CN1CCN(C(=O)c2ccc(Nc3ccccc3)c([N+](=O)[O-])c2)CC1)N1CCCC1. The predicted octanol–water partition coefficient (Wildman–Crippen LogP) is 2.72. The first-order valence-electron chi connectivity index (χ1n) is 10.9. The summed E-state index contributed by atoms with van der Waals surface area (Å²) in [6.45, 7) is 4.26. The zero-order chi connectivity index (χ0) is 22.5. The lowest BCUT2D eigenvalue weighted by atomic mass is 10.1. The number of anilines is 2. The van der Waals surface area contributed by atoms with Gasteiger partial charge in [0.05, 0.1) is 11.5 Å². The number of piperazine rings is 1. The number of nitrogens with one attached hydrogen (secondary N) is 1. The van der Waals surface area contributed by atoms with E-state index in [-0.39, 0.29) is 23.1 Å². The summed E-state index contributed by atoms with van der Waals surface area (Å²) in [5, 5.41) is 14.7. The van der Waals surface area contributed by atoms with Gasteiger partial charge in [-0.3, -0.25) is 24.6 Å². The molecule has 1 N–H and O–H groups in total. The van der Waals surface area contributed by atoms with Gasteiger partial charge in [-0.2, -0.15) is 0 Å². The second kappa shape index (κ2) is 9.78. The lowest BCUT2D eigenvalue weighted by Crippen LogP contribution is -2.51. The molecular formula is C23H27N5O4. The Morgan fingerprint density at radius 3 is 2.25 bits per heavy atom. The quantitative estimate of drug-likeness (QED) is 0.551. The Balaban J connectivity index is 1.38. The van der Waals surface area contributed by atoms with E-state index >= 15 is 0 Å². The number of nitrogens with zero attached hydrogens (tertiary/aromatic N) is 4. The predicted molar refractivity (Wildman–Crippen MR) is 121 cm³/mol. The van der Waals surface area contributed by atoms with Crippen molar-refractivity contribution in [1.29, 1.82) is 0 Å². The Morgan fingerprint density at radius 2 is 1.59 bits per heavy atom. The number of carbonyl (C=O) groups excluding carboxylic acids is 2. The molecule has 2 saturated heterocycles. The molecular weight excluding hydrogens is 410 g/mol. The number of nitro groups is 1. The first kappa shape index (κ1) is 21.8. The van der Waals surface area contributed by atoms with E-state index in [1.54, 1.807) is 17.0 Å². The number of carbonyl (C=O) groups is 2. The van der Waals surface area contributed by atoms with Gasteiger partial charge in [0.1, 0.15) is 5.69 Å². The average Bonchev–Trinajstić information content (AvgIpc) is 3.35. The molecule has 9 heteroatoms. The molecule has 2 aromatic carbocycles. The Morgan fingerprint density at radius 1 is 0.906 bits per heavy atom. The van der Waals surface area contributed by atoms with Crippen LogP contribution in [-0.2, 0) is 4.79 Å². The number of likely N-dealkylation sites (tertiary alicyclic amines) is 1. The van der Waals surface area contributed by atoms with Gasteiger partial charge in [-0.15, -0.1) is 0 Å². The Kier molecular flexibility index (Phi) is 6.65. The third-order valence-corrected chi connectivity index (χ3v) is 5.97. The normalized spacial score (nSPS) is 16.8. The van der Waals surface area contributed by atoms with Crippen LogP contribution in [0.1, 0.15) is 23.2 Å². The molecule has 2 heterocycles. The molecule has 9 nitrogen and oxygen atoms in total. The van der Waals surface area contributed by atoms with Gasteiger partial charge in [0, 0.05) is 56.6 Å². The number of hydrogen-bond acceptors (Lipinski definition) is 6. The van der Waals surface area contributed by atoms with E-state index in [1.165, 1.54) is 6.07 Å². The fourth-order valence-electron chi connectivity index (χ4n) is 4.15. The second-order valence-electron chi connectivity index (χ2n) is 8.14. The standard InChI is InChI=1S/C23H27N5O4/c29-22(26-10-4-5-11-26)17-25-12-14-27(15-13-25)23(30)18-8-9-20(21(16-18)28(31)32)24-19-6-2-1-3-7-19/h1-3,6-9,16,24H,4-5,10-15,17H2. The minimum atomic E-state index is -0.482. The zero-order valence-corrected chi connectivity index (χ0v) is 17.9. The Labute approximate surface area is 186 Å². The monoisotopic (exact) mass is 437 g/mol. The molecule has 0 aliphatic carbocycles. The van der Waals surface area contributed by atoms with Crippen LogP contribution in [0.3, 0.4) is 0 Å². The number of rotatable bonds is 6. The minimum Gasteiger partial charge on any atom is -0.350 e. The van der Waals surface area contributed by atoms with Gasteiger partial charge in [0.25, 0.3) is 11.6 Å². The highest BCUT2D eigenvalue weighted by Gasteiger charge is 2.27. The fraction of sp³-hybridized carbons (Fsp3) is 0.391. The van der Waals surface area contributed by atoms with E-state index in [2.05, 4.69) is 10.2 Å². The summed E-state index contributed by atoms with van der Waals surface area (Å²) in [6.07, 6.45) is 2.14. The molecule has 2 aliphatic heterocycles. The zero-order valence-electron chi connectivity index (χ0n) is 17.9. The molecule has 4 rings (SSSR count). The number of nitro benzene ring substituents is 1. The molecule has 32 heavy (non-hydrogen) atoms. The molecule has 2 aliphatic rings. The first-order chi connectivity index (χ1) is 15.5. The summed E-state index contributed by atoms with van der Waals surface area (Å²) in [7, 11) is 0. The van der Waals surface area contributed by atoms with Crippen LogP contribution in [0.2, 0.25) is 0 Å². The van der Waals surface area contributed by atoms with Crippen molar-refractivity contribution in [3.05, 3.63) is 64.2 Å². The van der Waals surface area contributed by atoms with Gasteiger partial charge >= 0.3 is 0 Å². The first-order valence-corrected chi connectivity index (χ1v) is 10.9. The molecule has 0 bridgehead atoms. The van der Waals surface area contributed by atoms with Crippen LogP contribution in [0.15, 0.2) is 48.5 Å². The average molecular weight is 438 g/mol. The van der Waals surface area contributed by atoms with E-state index in [1.807, 2.05) is 35.2 Å². The highest BCUT2D eigenvalue weighted by Crippen LogP contribution is 2.29. The van der Waals surface area contributed by atoms with Crippen LogP contribution < -0.4 is 5.32 Å². The third-order valence-electron chi connectivity index (χ3n) is 5.97. The van der Waals surface area contributed by atoms with E-state index in [0.717, 1.165) is 31.6 Å². The largest absolute Gasteiger partial charge is 0.350 e. The third kappa shape index (κ3) is 5.05. The van der Waals surface area contributed by atoms with E-state index in [9.17, 15) is 19.7 Å². The highest BCUT2D eigenvalue weighted by molar-refractivity contribution is 5.96. The molecule has 0 atom stereocenters. The van der Waals surface area contributed by atoms with Crippen molar-refractivity contribution in [3.63, 3.8) is 0 Å². The molecule has 168 valence electrons. The van der Waals surface area contributed by atoms with Crippen molar-refractivity contribution >= 4 is 28.9 Å². The van der Waals surface area contributed by atoms with Crippen molar-refractivity contribution in [3.8, 4) is 0 Å². The van der Waals surface area contributed by atoms with E-state index < -0.39 is 4.92 Å². The van der Waals surface area contributed by atoms with E-state index in [4.69, 9.17) is 0 Å². The van der Waals surface area contributed by atoms with Crippen molar-refractivity contribution in [2.45, 2.75) is 12.8 Å². The summed E-state index contributed by atoms with van der Waals surface area (Å²) < 4.78 is 0. The molecule has 0 radical (unpaired) electrons. The van der Waals surface area contributed by atoms with Gasteiger partial charge in [-0.25, -0.2) is 0 Å². The molecule has 0 spiro atoms. The van der Waals surface area contributed by atoms with Crippen molar-refractivity contribution < 1.29 is 14.5 Å². The lowest BCUT2D eigenvalue weighted by molar-refractivity contribution is -0.383. The summed E-state index contributed by atoms with van der Waals surface area (Å²) in [5.41, 5.74) is 1.21. The number of hydrogen-bond donors (Lipinski definition) is 1. The highest BCUT2D eigenvalue weighted by atomic mass is 16.6. The second-order valence-corrected chi connectivity index (χ2v) is 8.14. The Bertz CT molecular complexity index is 983. The van der Waals surface area contributed by atoms with Crippen LogP contribution in [0.25, 0.3) is 0 Å². The lowest BCUT2D eigenvalue weighted by Gasteiger charge is -2.35. The summed E-state index contributed by atoms with van der Waals surface area (Å²) >= 11 is 0. The topological polar surface area (TPSA) is 99.0 Å². The van der Waals surface area contributed by atoms with Crippen molar-refractivity contribution in [2.24, 2.45) is 0 Å². The summed E-state index contributed by atoms with van der Waals surface area (Å²) in [6, 6.07) is 13.7. The fourth-order valence-corrected chi connectivity index (χ4v) is 4.15. The van der Waals surface area contributed by atoms with Gasteiger partial charge in [-0.1, -0.05) is 18.2 Å². The van der Waals surface area contributed by atoms with Crippen LogP contribution in [0.5, 0.6) is 0 Å². The molecule has 2 amide bonds. The van der Waals surface area contributed by atoms with E-state index in [0.29, 0.717) is 38.4 Å². The van der Waals surface area contributed by atoms with Crippen molar-refractivity contribution in [2.75, 3.05) is 51.1 Å². The molecule has 0 saturated carbocycles. The molecule has 2 fully saturated rings. The van der Waals surface area contributed by atoms with Crippen LogP contribution in [0.4, 0.5) is 17.1 Å². The van der Waals surface area contributed by atoms with Crippen LogP contribution in [-0.4, -0.2) is 77.3 Å². The maximum absolute atomic E-state index is 13.0. The van der Waals surface area contributed by atoms with Gasteiger partial charge < -0.3 is 15.1 Å². The van der Waals surface area contributed by atoms with Gasteiger partial charge in [-0.05, 0) is 37.1 Å². The summed E-state index contributed by atoms with van der Waals surface area (Å²) in [5.74, 6) is -0.0794. The minimum absolute atomic E-state index is 0.144. The molecule has 2 aromatic rings. The molecule has 0 unspecified atom stereocenters. The van der Waals surface area contributed by atoms with Crippen molar-refractivity contribution in [1.82, 2.24) is 14.7 Å². The number of amides is 2. The number of para-hydroxylation sites is 1. The number of benzene rings is 2. The maximum atomic E-state index is 13.0. The van der Waals surface area contributed by atoms with Crippen LogP contribution >= 0.6 is 0 Å². The van der Waals surface area contributed by atoms with Crippen LogP contribution in [0, 0.1) is 10.1 Å². The van der Waals surface area contributed by atoms with Gasteiger partial charge in [0.2, 0.25) is 5.91 Å².